The van der Waals surface area contributed by atoms with Crippen molar-refractivity contribution in [1.29, 1.82) is 0 Å². The molecule has 20 heterocycles. The number of fused-ring (bicyclic) bond motifs is 32. The van der Waals surface area contributed by atoms with Crippen molar-refractivity contribution in [2.45, 2.75) is 0 Å². The first-order valence-corrected chi connectivity index (χ1v) is 31.4. The zero-order valence-corrected chi connectivity index (χ0v) is 56.2. The van der Waals surface area contributed by atoms with Gasteiger partial charge in [0.25, 0.3) is 0 Å². The van der Waals surface area contributed by atoms with E-state index in [0.29, 0.717) is 0 Å². The van der Waals surface area contributed by atoms with Gasteiger partial charge in [0.2, 0.25) is 0 Å². The normalized spacial score (nSPS) is 12.2. The standard InChI is InChI=1S/4C20H14N4.4ClH/c4*1-2-14-10-16-5-6-18(23-16)12-20-8-7-19(24-20)11-17-4-3-15(22-17)9-13(1)21-14;;;;/h4*1-12,21-22H;4*1H. The quantitative estimate of drug-likeness (QED) is 0.0726. The maximum atomic E-state index is 4.62. The lowest BCUT2D eigenvalue weighted by Crippen LogP contribution is -1.77. The van der Waals surface area contributed by atoms with E-state index in [4.69, 9.17) is 0 Å². The fourth-order valence-electron chi connectivity index (χ4n) is 11.8. The van der Waals surface area contributed by atoms with E-state index in [1.165, 1.54) is 0 Å². The largest absolute Gasteiger partial charge is 0.355 e. The Labute approximate surface area is 596 Å². The van der Waals surface area contributed by atoms with Gasteiger partial charge in [-0.3, -0.25) is 0 Å². The van der Waals surface area contributed by atoms with Gasteiger partial charge in [-0.1, -0.05) is 0 Å². The Hall–Kier alpha value is -12.4. The fourth-order valence-corrected chi connectivity index (χ4v) is 11.8. The van der Waals surface area contributed by atoms with Crippen LogP contribution in [-0.2, 0) is 0 Å². The van der Waals surface area contributed by atoms with Crippen LogP contribution in [0.1, 0.15) is 91.1 Å². The lowest BCUT2D eigenvalue weighted by molar-refractivity contribution is 1.28. The number of nitrogens with zero attached hydrogens (tertiary/aromatic N) is 8. The number of nitrogens with one attached hydrogen (secondary N) is 8. The van der Waals surface area contributed by atoms with E-state index < -0.39 is 0 Å². The molecule has 488 valence electrons. The minimum absolute atomic E-state index is 0. The smallest absolute Gasteiger partial charge is 0.0659 e. The number of halogens is 4. The first-order valence-electron chi connectivity index (χ1n) is 31.4. The molecule has 0 aliphatic carbocycles. The van der Waals surface area contributed by atoms with E-state index in [-0.39, 0.29) is 49.6 Å². The van der Waals surface area contributed by atoms with Crippen LogP contribution < -0.4 is 0 Å². The molecule has 12 aromatic rings. The summed E-state index contributed by atoms with van der Waals surface area (Å²) in [6, 6.07) is 65.6. The van der Waals surface area contributed by atoms with Crippen LogP contribution in [0.3, 0.4) is 0 Å². The van der Waals surface area contributed by atoms with Gasteiger partial charge < -0.3 is 39.9 Å². The van der Waals surface area contributed by atoms with Crippen LogP contribution in [0.2, 0.25) is 0 Å². The highest BCUT2D eigenvalue weighted by atomic mass is 35.5. The SMILES string of the molecule is C1=Cc2cc3ccc(cc4ccc(cc5nc(cc1n2)C=C5)[nH]4)[nH]3.C1=Cc2cc3ccc(cc4ccc(cc5nc(cc1n2)C=C5)[nH]4)[nH]3.C1=Cc2cc3ccc(cc4ccc(cc5nc(cc1n2)C=C5)[nH]4)[nH]3.C1=Cc2cc3ccc(cc4ccc(cc5nc(cc1n2)C=C5)[nH]4)[nH]3.Cl.Cl.Cl.Cl. The average molecular weight is 1390 g/mol. The molecule has 0 fully saturated rings. The molecule has 16 nitrogen and oxygen atoms in total. The van der Waals surface area contributed by atoms with Crippen LogP contribution in [0, 0.1) is 0 Å². The Morgan fingerprint density at radius 3 is 0.320 bits per heavy atom. The average Bonchev–Trinajstić information content (AvgIpc) is 1.71. The van der Waals surface area contributed by atoms with E-state index in [1.807, 2.05) is 170 Å². The lowest BCUT2D eigenvalue weighted by Gasteiger charge is -1.86. The van der Waals surface area contributed by atoms with Crippen LogP contribution in [0.4, 0.5) is 0 Å². The first-order chi connectivity index (χ1) is 47.2. The van der Waals surface area contributed by atoms with Crippen molar-refractivity contribution in [3.05, 3.63) is 285 Å². The Morgan fingerprint density at radius 1 is 0.120 bits per heavy atom. The molecule has 12 aromatic heterocycles. The molecule has 20 heteroatoms. The van der Waals surface area contributed by atoms with Gasteiger partial charge in [-0.2, -0.15) is 0 Å². The van der Waals surface area contributed by atoms with Crippen molar-refractivity contribution in [3.8, 4) is 0 Å². The number of rotatable bonds is 0. The molecule has 0 amide bonds. The highest BCUT2D eigenvalue weighted by Crippen LogP contribution is 2.24. The second-order valence-electron chi connectivity index (χ2n) is 23.6. The van der Waals surface area contributed by atoms with Gasteiger partial charge in [-0.15, -0.1) is 49.6 Å². The molecule has 8 aliphatic heterocycles. The highest BCUT2D eigenvalue weighted by Gasteiger charge is 2.08. The summed E-state index contributed by atoms with van der Waals surface area (Å²) in [7, 11) is 0. The molecule has 8 N–H and O–H groups in total. The van der Waals surface area contributed by atoms with Gasteiger partial charge in [0, 0.05) is 88.3 Å². The van der Waals surface area contributed by atoms with Gasteiger partial charge in [-0.05, 0) is 291 Å². The maximum Gasteiger partial charge on any atom is 0.0659 e. The van der Waals surface area contributed by atoms with Crippen LogP contribution in [0.5, 0.6) is 0 Å². The summed E-state index contributed by atoms with van der Waals surface area (Å²) in [5, 5.41) is 0. The zero-order chi connectivity index (χ0) is 63.7. The van der Waals surface area contributed by atoms with Crippen molar-refractivity contribution in [1.82, 2.24) is 79.7 Å². The number of hydrogen-bond donors (Lipinski definition) is 8. The van der Waals surface area contributed by atoms with Gasteiger partial charge in [0.15, 0.2) is 0 Å². The molecule has 0 spiro atoms. The molecule has 32 bridgehead atoms. The zero-order valence-electron chi connectivity index (χ0n) is 52.9. The molecule has 20 rings (SSSR count). The molecule has 0 radical (unpaired) electrons. The molecule has 0 saturated carbocycles. The van der Waals surface area contributed by atoms with E-state index in [0.717, 1.165) is 179 Å². The van der Waals surface area contributed by atoms with Gasteiger partial charge in [-0.25, -0.2) is 39.9 Å². The van der Waals surface area contributed by atoms with Crippen molar-refractivity contribution >= 4 is 235 Å². The monoisotopic (exact) mass is 1380 g/mol. The highest BCUT2D eigenvalue weighted by molar-refractivity contribution is 5.87. The third-order valence-corrected chi connectivity index (χ3v) is 16.2. The van der Waals surface area contributed by atoms with E-state index in [2.05, 4.69) is 201 Å². The summed E-state index contributed by atoms with van der Waals surface area (Å²) >= 11 is 0. The van der Waals surface area contributed by atoms with Gasteiger partial charge in [0.05, 0.1) is 91.1 Å². The molecular formula is C80H60Cl4N16. The van der Waals surface area contributed by atoms with E-state index >= 15 is 0 Å². The predicted molar refractivity (Wildman–Crippen MR) is 424 cm³/mol. The Morgan fingerprint density at radius 2 is 0.210 bits per heavy atom. The summed E-state index contributed by atoms with van der Waals surface area (Å²) in [6.45, 7) is 0. The van der Waals surface area contributed by atoms with Crippen molar-refractivity contribution < 1.29 is 0 Å². The van der Waals surface area contributed by atoms with E-state index in [9.17, 15) is 0 Å². The van der Waals surface area contributed by atoms with Gasteiger partial charge >= 0.3 is 0 Å². The molecule has 0 atom stereocenters. The number of hydrogen-bond acceptors (Lipinski definition) is 8. The summed E-state index contributed by atoms with van der Waals surface area (Å²) in [5.41, 5.74) is 31.4. The summed E-state index contributed by atoms with van der Waals surface area (Å²) in [6.07, 6.45) is 32.2. The fraction of sp³-hybridized carbons (Fsp3) is 0. The van der Waals surface area contributed by atoms with Gasteiger partial charge in [0.1, 0.15) is 0 Å². The third kappa shape index (κ3) is 16.0. The van der Waals surface area contributed by atoms with E-state index in [1.54, 1.807) is 0 Å². The molecule has 0 aromatic carbocycles. The molecular weight excluding hydrogens is 1330 g/mol. The van der Waals surface area contributed by atoms with Crippen molar-refractivity contribution in [2.75, 3.05) is 0 Å². The summed E-state index contributed by atoms with van der Waals surface area (Å²) < 4.78 is 0. The lowest BCUT2D eigenvalue weighted by atomic mass is 10.3. The third-order valence-electron chi connectivity index (χ3n) is 16.2. The molecule has 100 heavy (non-hydrogen) atoms. The summed E-state index contributed by atoms with van der Waals surface area (Å²) in [5.74, 6) is 0. The van der Waals surface area contributed by atoms with Crippen LogP contribution in [0.15, 0.2) is 194 Å². The minimum Gasteiger partial charge on any atom is -0.355 e. The predicted octanol–water partition coefficient (Wildman–Crippen LogP) is 20.3. The second kappa shape index (κ2) is 29.1. The summed E-state index contributed by atoms with van der Waals surface area (Å²) in [4.78, 5) is 64.1. The first kappa shape index (κ1) is 66.2. The number of H-pyrrole nitrogens is 8. The topological polar surface area (TPSA) is 229 Å². The number of aromatic amines is 8. The number of aromatic nitrogens is 16. The maximum absolute atomic E-state index is 4.62. The Balaban J connectivity index is 0.000000118. The molecule has 0 saturated heterocycles. The van der Waals surface area contributed by atoms with Crippen LogP contribution >= 0.6 is 49.6 Å². The molecule has 0 unspecified atom stereocenters. The van der Waals surface area contributed by atoms with Crippen LogP contribution in [0.25, 0.3) is 185 Å². The Bertz CT molecular complexity index is 5050. The van der Waals surface area contributed by atoms with Crippen molar-refractivity contribution in [2.24, 2.45) is 0 Å². The molecule has 8 aliphatic rings. The Kier molecular flexibility index (Phi) is 19.3. The van der Waals surface area contributed by atoms with Crippen molar-refractivity contribution in [3.63, 3.8) is 0 Å². The minimum atomic E-state index is 0. The van der Waals surface area contributed by atoms with Crippen LogP contribution in [-0.4, -0.2) is 79.7 Å². The second-order valence-corrected chi connectivity index (χ2v) is 23.6.